The van der Waals surface area contributed by atoms with Gasteiger partial charge in [0.05, 0.1) is 0 Å². The Morgan fingerprint density at radius 3 is 2.48 bits per heavy atom. The van der Waals surface area contributed by atoms with Crippen LogP contribution in [0.2, 0.25) is 0 Å². The maximum absolute atomic E-state index is 11.7. The van der Waals surface area contributed by atoms with Gasteiger partial charge in [-0.1, -0.05) is 0 Å². The summed E-state index contributed by atoms with van der Waals surface area (Å²) in [6, 6.07) is 7.56. The average Bonchev–Trinajstić information content (AvgIpc) is 2.45. The first-order valence-electron chi connectivity index (χ1n) is 7.22. The van der Waals surface area contributed by atoms with Gasteiger partial charge in [-0.05, 0) is 43.8 Å². The minimum absolute atomic E-state index is 0.322. The molecule has 2 rings (SSSR count). The molecule has 1 heterocycles. The number of fused-ring (bicyclic) bond motifs is 1. The molecular weight excluding hydrogens is 264 g/mol. The maximum Gasteiger partial charge on any atom is 0.336 e. The van der Waals surface area contributed by atoms with Crippen molar-refractivity contribution in [1.82, 2.24) is 4.90 Å². The first kappa shape index (κ1) is 15.2. The Bertz CT molecular complexity index is 697. The third-order valence-corrected chi connectivity index (χ3v) is 3.44. The number of benzene rings is 1. The summed E-state index contributed by atoms with van der Waals surface area (Å²) < 4.78 is 5.36. The van der Waals surface area contributed by atoms with Crippen molar-refractivity contribution in [2.75, 3.05) is 32.1 Å². The fourth-order valence-corrected chi connectivity index (χ4v) is 2.33. The molecule has 0 radical (unpaired) electrons. The van der Waals surface area contributed by atoms with Crippen LogP contribution in [-0.4, -0.2) is 32.1 Å². The van der Waals surface area contributed by atoms with E-state index in [0.29, 0.717) is 5.58 Å². The predicted octanol–water partition coefficient (Wildman–Crippen LogP) is 3.17. The van der Waals surface area contributed by atoms with Crippen molar-refractivity contribution >= 4 is 22.7 Å². The summed E-state index contributed by atoms with van der Waals surface area (Å²) in [6.45, 7) is 6.07. The molecule has 0 N–H and O–H groups in total. The molecule has 2 aromatic rings. The zero-order valence-electron chi connectivity index (χ0n) is 13.1. The van der Waals surface area contributed by atoms with Gasteiger partial charge in [-0.3, -0.25) is 0 Å². The van der Waals surface area contributed by atoms with Crippen LogP contribution < -0.4 is 10.5 Å². The highest BCUT2D eigenvalue weighted by molar-refractivity contribution is 5.88. The quantitative estimate of drug-likeness (QED) is 0.791. The van der Waals surface area contributed by atoms with E-state index in [0.717, 1.165) is 29.7 Å². The lowest BCUT2D eigenvalue weighted by molar-refractivity contribution is 0.559. The monoisotopic (exact) mass is 286 g/mol. The normalized spacial score (nSPS) is 11.2. The molecule has 4 nitrogen and oxygen atoms in total. The summed E-state index contributed by atoms with van der Waals surface area (Å²) in [5, 5.41) is 0.948. The molecular formula is C17H22N2O2. The van der Waals surface area contributed by atoms with Crippen LogP contribution in [0.5, 0.6) is 0 Å². The van der Waals surface area contributed by atoms with E-state index in [9.17, 15) is 4.79 Å². The molecule has 0 fully saturated rings. The third-order valence-electron chi connectivity index (χ3n) is 3.44. The van der Waals surface area contributed by atoms with Crippen molar-refractivity contribution in [2.24, 2.45) is 0 Å². The van der Waals surface area contributed by atoms with Gasteiger partial charge in [0.25, 0.3) is 0 Å². The van der Waals surface area contributed by atoms with Gasteiger partial charge in [-0.25, -0.2) is 4.79 Å². The fraction of sp³-hybridized carbons (Fsp3) is 0.353. The number of nitrogens with zero attached hydrogens (tertiary/aromatic N) is 2. The second kappa shape index (κ2) is 6.48. The van der Waals surface area contributed by atoms with Crippen molar-refractivity contribution < 1.29 is 4.42 Å². The third kappa shape index (κ3) is 3.45. The van der Waals surface area contributed by atoms with Gasteiger partial charge < -0.3 is 14.2 Å². The first-order valence-corrected chi connectivity index (χ1v) is 7.22. The summed E-state index contributed by atoms with van der Waals surface area (Å²) in [5.41, 5.74) is 2.26. The van der Waals surface area contributed by atoms with E-state index in [1.54, 1.807) is 0 Å². The highest BCUT2D eigenvalue weighted by Crippen LogP contribution is 2.24. The zero-order chi connectivity index (χ0) is 15.4. The van der Waals surface area contributed by atoms with Crippen LogP contribution in [0.25, 0.3) is 17.0 Å². The molecule has 0 bridgehead atoms. The molecule has 0 saturated heterocycles. The minimum Gasteiger partial charge on any atom is -0.423 e. The molecule has 0 aliphatic carbocycles. The van der Waals surface area contributed by atoms with Crippen molar-refractivity contribution in [3.05, 3.63) is 46.4 Å². The molecule has 1 aromatic heterocycles. The molecule has 112 valence electrons. The molecule has 0 aliphatic heterocycles. The van der Waals surface area contributed by atoms with Gasteiger partial charge in [0, 0.05) is 50.4 Å². The molecule has 0 unspecified atom stereocenters. The van der Waals surface area contributed by atoms with Crippen LogP contribution >= 0.6 is 0 Å². The van der Waals surface area contributed by atoms with Crippen molar-refractivity contribution in [2.45, 2.75) is 13.8 Å². The standard InChI is InChI=1S/C17H22N2O2/c1-5-19(6-2)14-7-8-15-13(9-10-18(3)4)11-17(20)21-16(15)12-14/h7-12H,5-6H2,1-4H3/b10-9+. The SMILES string of the molecule is CCN(CC)c1ccc2c(/C=C/N(C)C)cc(=O)oc2c1. The molecule has 0 amide bonds. The highest BCUT2D eigenvalue weighted by atomic mass is 16.4. The molecule has 0 aliphatic rings. The van der Waals surface area contributed by atoms with Crippen LogP contribution in [0.15, 0.2) is 39.7 Å². The minimum atomic E-state index is -0.322. The molecule has 0 saturated carbocycles. The van der Waals surface area contributed by atoms with E-state index in [1.165, 1.54) is 6.07 Å². The molecule has 4 heteroatoms. The van der Waals surface area contributed by atoms with Gasteiger partial charge in [0.2, 0.25) is 0 Å². The van der Waals surface area contributed by atoms with E-state index in [2.05, 4.69) is 24.8 Å². The van der Waals surface area contributed by atoms with Gasteiger partial charge >= 0.3 is 5.63 Å². The second-order valence-electron chi connectivity index (χ2n) is 5.15. The Morgan fingerprint density at radius 2 is 1.86 bits per heavy atom. The molecule has 21 heavy (non-hydrogen) atoms. The Kier molecular flexibility index (Phi) is 4.68. The van der Waals surface area contributed by atoms with Crippen LogP contribution in [0.4, 0.5) is 5.69 Å². The van der Waals surface area contributed by atoms with Gasteiger partial charge in [0.15, 0.2) is 0 Å². The maximum atomic E-state index is 11.7. The van der Waals surface area contributed by atoms with E-state index in [1.807, 2.05) is 43.4 Å². The average molecular weight is 286 g/mol. The summed E-state index contributed by atoms with van der Waals surface area (Å²) in [7, 11) is 3.89. The number of hydrogen-bond acceptors (Lipinski definition) is 4. The Labute approximate surface area is 125 Å². The predicted molar refractivity (Wildman–Crippen MR) is 88.8 cm³/mol. The van der Waals surface area contributed by atoms with E-state index in [-0.39, 0.29) is 5.63 Å². The van der Waals surface area contributed by atoms with Crippen LogP contribution in [0.3, 0.4) is 0 Å². The number of hydrogen-bond donors (Lipinski definition) is 0. The Hall–Kier alpha value is -2.23. The summed E-state index contributed by atoms with van der Waals surface area (Å²) in [5.74, 6) is 0. The molecule has 1 aromatic carbocycles. The van der Waals surface area contributed by atoms with Crippen molar-refractivity contribution in [3.63, 3.8) is 0 Å². The summed E-state index contributed by atoms with van der Waals surface area (Å²) in [4.78, 5) is 15.9. The lowest BCUT2D eigenvalue weighted by atomic mass is 10.1. The fourth-order valence-electron chi connectivity index (χ4n) is 2.33. The highest BCUT2D eigenvalue weighted by Gasteiger charge is 2.07. The lowest BCUT2D eigenvalue weighted by Crippen LogP contribution is -2.21. The van der Waals surface area contributed by atoms with E-state index in [4.69, 9.17) is 4.42 Å². The van der Waals surface area contributed by atoms with E-state index < -0.39 is 0 Å². The largest absolute Gasteiger partial charge is 0.423 e. The number of anilines is 1. The van der Waals surface area contributed by atoms with Gasteiger partial charge in [-0.2, -0.15) is 0 Å². The van der Waals surface area contributed by atoms with Crippen molar-refractivity contribution in [3.8, 4) is 0 Å². The zero-order valence-corrected chi connectivity index (χ0v) is 13.1. The van der Waals surface area contributed by atoms with Crippen LogP contribution in [0.1, 0.15) is 19.4 Å². The van der Waals surface area contributed by atoms with Crippen LogP contribution in [-0.2, 0) is 0 Å². The smallest absolute Gasteiger partial charge is 0.336 e. The lowest BCUT2D eigenvalue weighted by Gasteiger charge is -2.21. The summed E-state index contributed by atoms with van der Waals surface area (Å²) in [6.07, 6.45) is 3.85. The number of rotatable bonds is 5. The second-order valence-corrected chi connectivity index (χ2v) is 5.15. The van der Waals surface area contributed by atoms with Crippen LogP contribution in [0, 0.1) is 0 Å². The van der Waals surface area contributed by atoms with Crippen molar-refractivity contribution in [1.29, 1.82) is 0 Å². The van der Waals surface area contributed by atoms with E-state index >= 15 is 0 Å². The topological polar surface area (TPSA) is 36.7 Å². The van der Waals surface area contributed by atoms with Gasteiger partial charge in [-0.15, -0.1) is 0 Å². The first-order chi connectivity index (χ1) is 10.0. The summed E-state index contributed by atoms with van der Waals surface area (Å²) >= 11 is 0. The molecule has 0 atom stereocenters. The Morgan fingerprint density at radius 1 is 1.14 bits per heavy atom. The van der Waals surface area contributed by atoms with Gasteiger partial charge in [0.1, 0.15) is 5.58 Å². The Balaban J connectivity index is 2.56. The molecule has 0 spiro atoms.